The van der Waals surface area contributed by atoms with E-state index in [9.17, 15) is 19.2 Å². The number of hydrogen-bond acceptors (Lipinski definition) is 7. The molecular formula is C23H28N4O5. The molecule has 0 radical (unpaired) electrons. The zero-order valence-corrected chi connectivity index (χ0v) is 17.9. The topological polar surface area (TPSA) is 117 Å². The lowest BCUT2D eigenvalue weighted by Crippen LogP contribution is -2.54. The fraction of sp³-hybridized carbons (Fsp3) is 0.565. The molecule has 0 saturated carbocycles. The molecule has 5 rings (SSSR count). The van der Waals surface area contributed by atoms with Crippen LogP contribution in [-0.4, -0.2) is 66.9 Å². The van der Waals surface area contributed by atoms with Gasteiger partial charge < -0.3 is 15.4 Å². The molecule has 3 N–H and O–H groups in total. The minimum Gasteiger partial charge on any atom is -0.376 e. The van der Waals surface area contributed by atoms with Crippen molar-refractivity contribution in [3.05, 3.63) is 34.9 Å². The molecule has 9 heteroatoms. The van der Waals surface area contributed by atoms with Crippen LogP contribution in [0.4, 0.5) is 0 Å². The van der Waals surface area contributed by atoms with E-state index in [-0.39, 0.29) is 24.9 Å². The van der Waals surface area contributed by atoms with Crippen molar-refractivity contribution in [3.8, 4) is 0 Å². The zero-order valence-electron chi connectivity index (χ0n) is 17.9. The van der Waals surface area contributed by atoms with E-state index >= 15 is 0 Å². The summed E-state index contributed by atoms with van der Waals surface area (Å²) < 4.78 is 6.03. The van der Waals surface area contributed by atoms with Crippen LogP contribution in [0.25, 0.3) is 0 Å². The second kappa shape index (κ2) is 8.38. The molecule has 3 fully saturated rings. The first kappa shape index (κ1) is 21.2. The summed E-state index contributed by atoms with van der Waals surface area (Å²) in [4.78, 5) is 50.3. The number of piperidine rings is 2. The van der Waals surface area contributed by atoms with Gasteiger partial charge in [-0.15, -0.1) is 0 Å². The average Bonchev–Trinajstić information content (AvgIpc) is 3.27. The molecule has 4 heterocycles. The van der Waals surface area contributed by atoms with Gasteiger partial charge in [-0.05, 0) is 61.9 Å². The Morgan fingerprint density at radius 3 is 2.66 bits per heavy atom. The summed E-state index contributed by atoms with van der Waals surface area (Å²) in [6.07, 6.45) is 3.85. The van der Waals surface area contributed by atoms with E-state index in [2.05, 4.69) is 16.0 Å². The third-order valence-corrected chi connectivity index (χ3v) is 7.16. The van der Waals surface area contributed by atoms with E-state index in [1.54, 1.807) is 12.1 Å². The third kappa shape index (κ3) is 3.85. The number of carbonyl (C=O) groups is 4. The second-order valence-corrected chi connectivity index (χ2v) is 9.35. The summed E-state index contributed by atoms with van der Waals surface area (Å²) in [6, 6.07) is 4.25. The fourth-order valence-electron chi connectivity index (χ4n) is 5.34. The van der Waals surface area contributed by atoms with Crippen LogP contribution in [0.5, 0.6) is 0 Å². The summed E-state index contributed by atoms with van der Waals surface area (Å²) in [6.45, 7) is 4.23. The second-order valence-electron chi connectivity index (χ2n) is 9.35. The van der Waals surface area contributed by atoms with Crippen LogP contribution < -0.4 is 16.0 Å². The summed E-state index contributed by atoms with van der Waals surface area (Å²) in [5, 5.41) is 9.04. The van der Waals surface area contributed by atoms with E-state index in [4.69, 9.17) is 4.74 Å². The van der Waals surface area contributed by atoms with Gasteiger partial charge in [-0.3, -0.25) is 29.4 Å². The Morgan fingerprint density at radius 1 is 1.09 bits per heavy atom. The average molecular weight is 441 g/mol. The number of imide groups is 2. The standard InChI is InChI=1S/C23H28N4O5/c28-19-4-3-18(20(29)26-19)27-21(30)16-2-1-14(9-17(16)22(27)31)11-25-12-15-10-23(13-32-15)5-7-24-8-6-23/h1-2,9,15,18,24-25H,3-8,10-13H2,(H,26,28,29). The molecule has 0 aliphatic carbocycles. The molecule has 4 aliphatic rings. The van der Waals surface area contributed by atoms with Crippen LogP contribution in [0, 0.1) is 5.41 Å². The van der Waals surface area contributed by atoms with Gasteiger partial charge in [0.15, 0.2) is 0 Å². The van der Waals surface area contributed by atoms with Gasteiger partial charge in [-0.2, -0.15) is 0 Å². The highest BCUT2D eigenvalue weighted by Gasteiger charge is 2.44. The molecular weight excluding hydrogens is 412 g/mol. The Bertz CT molecular complexity index is 971. The molecule has 0 bridgehead atoms. The van der Waals surface area contributed by atoms with Crippen molar-refractivity contribution in [3.63, 3.8) is 0 Å². The fourth-order valence-corrected chi connectivity index (χ4v) is 5.34. The molecule has 4 amide bonds. The summed E-state index contributed by atoms with van der Waals surface area (Å²) in [7, 11) is 0. The van der Waals surface area contributed by atoms with Crippen molar-refractivity contribution in [2.45, 2.75) is 50.8 Å². The lowest BCUT2D eigenvalue weighted by atomic mass is 9.77. The van der Waals surface area contributed by atoms with Gasteiger partial charge in [0, 0.05) is 19.5 Å². The van der Waals surface area contributed by atoms with E-state index in [1.807, 2.05) is 6.07 Å². The molecule has 3 saturated heterocycles. The summed E-state index contributed by atoms with van der Waals surface area (Å²) in [5.41, 5.74) is 1.82. The molecule has 4 aliphatic heterocycles. The first-order valence-electron chi connectivity index (χ1n) is 11.3. The highest BCUT2D eigenvalue weighted by molar-refractivity contribution is 6.23. The first-order chi connectivity index (χ1) is 15.5. The van der Waals surface area contributed by atoms with E-state index in [0.29, 0.717) is 23.1 Å². The minimum atomic E-state index is -0.941. The molecule has 32 heavy (non-hydrogen) atoms. The minimum absolute atomic E-state index is 0.111. The van der Waals surface area contributed by atoms with E-state index in [0.717, 1.165) is 56.0 Å². The van der Waals surface area contributed by atoms with Gasteiger partial charge in [0.1, 0.15) is 6.04 Å². The molecule has 1 aromatic rings. The normalized spacial score (nSPS) is 27.2. The highest BCUT2D eigenvalue weighted by atomic mass is 16.5. The van der Waals surface area contributed by atoms with Gasteiger partial charge in [0.05, 0.1) is 23.8 Å². The third-order valence-electron chi connectivity index (χ3n) is 7.16. The quantitative estimate of drug-likeness (QED) is 0.565. The van der Waals surface area contributed by atoms with Crippen LogP contribution in [-0.2, 0) is 20.9 Å². The smallest absolute Gasteiger partial charge is 0.262 e. The van der Waals surface area contributed by atoms with Crippen molar-refractivity contribution in [2.24, 2.45) is 5.41 Å². The molecule has 9 nitrogen and oxygen atoms in total. The molecule has 1 aromatic carbocycles. The predicted molar refractivity (Wildman–Crippen MR) is 114 cm³/mol. The first-order valence-corrected chi connectivity index (χ1v) is 11.3. The lowest BCUT2D eigenvalue weighted by molar-refractivity contribution is -0.136. The number of nitrogens with zero attached hydrogens (tertiary/aromatic N) is 1. The van der Waals surface area contributed by atoms with Crippen LogP contribution in [0.2, 0.25) is 0 Å². The Kier molecular flexibility index (Phi) is 5.56. The van der Waals surface area contributed by atoms with Crippen molar-refractivity contribution in [1.82, 2.24) is 20.9 Å². The zero-order chi connectivity index (χ0) is 22.3. The maximum Gasteiger partial charge on any atom is 0.262 e. The summed E-state index contributed by atoms with van der Waals surface area (Å²) >= 11 is 0. The van der Waals surface area contributed by atoms with Gasteiger partial charge in [-0.1, -0.05) is 6.07 Å². The Morgan fingerprint density at radius 2 is 1.88 bits per heavy atom. The Labute approximate surface area is 186 Å². The van der Waals surface area contributed by atoms with Crippen molar-refractivity contribution in [1.29, 1.82) is 0 Å². The number of fused-ring (bicyclic) bond motifs is 1. The van der Waals surface area contributed by atoms with Gasteiger partial charge >= 0.3 is 0 Å². The SMILES string of the molecule is O=C1CCC(N2C(=O)c3ccc(CNCC4CC5(CCNCC5)CO4)cc3C2=O)C(=O)N1. The Hall–Kier alpha value is -2.62. The summed E-state index contributed by atoms with van der Waals surface area (Å²) in [5.74, 6) is -1.94. The molecule has 170 valence electrons. The van der Waals surface area contributed by atoms with Crippen molar-refractivity contribution in [2.75, 3.05) is 26.2 Å². The number of benzene rings is 1. The van der Waals surface area contributed by atoms with Gasteiger partial charge in [-0.25, -0.2) is 0 Å². The molecule has 0 aromatic heterocycles. The van der Waals surface area contributed by atoms with Crippen molar-refractivity contribution >= 4 is 23.6 Å². The predicted octanol–water partition coefficient (Wildman–Crippen LogP) is 0.336. The van der Waals surface area contributed by atoms with Gasteiger partial charge in [0.25, 0.3) is 11.8 Å². The van der Waals surface area contributed by atoms with E-state index < -0.39 is 23.8 Å². The molecule has 1 spiro atoms. The maximum absolute atomic E-state index is 12.9. The number of hydrogen-bond donors (Lipinski definition) is 3. The van der Waals surface area contributed by atoms with E-state index in [1.165, 1.54) is 0 Å². The highest BCUT2D eigenvalue weighted by Crippen LogP contribution is 2.40. The largest absolute Gasteiger partial charge is 0.376 e. The molecule has 2 unspecified atom stereocenters. The number of ether oxygens (including phenoxy) is 1. The number of amides is 4. The monoisotopic (exact) mass is 440 g/mol. The lowest BCUT2D eigenvalue weighted by Gasteiger charge is -2.32. The van der Waals surface area contributed by atoms with Gasteiger partial charge in [0.2, 0.25) is 11.8 Å². The number of nitrogens with one attached hydrogen (secondary N) is 3. The molecule has 2 atom stereocenters. The number of carbonyl (C=O) groups excluding carboxylic acids is 4. The Balaban J connectivity index is 1.20. The number of rotatable bonds is 5. The van der Waals surface area contributed by atoms with Crippen molar-refractivity contribution < 1.29 is 23.9 Å². The van der Waals surface area contributed by atoms with Crippen LogP contribution in [0.3, 0.4) is 0 Å². The van der Waals surface area contributed by atoms with Crippen LogP contribution in [0.15, 0.2) is 18.2 Å². The maximum atomic E-state index is 12.9. The van der Waals surface area contributed by atoms with Crippen LogP contribution in [0.1, 0.15) is 58.4 Å². The van der Waals surface area contributed by atoms with Crippen LogP contribution >= 0.6 is 0 Å².